The maximum absolute atomic E-state index is 11.9. The lowest BCUT2D eigenvalue weighted by molar-refractivity contribution is -0.151. The first kappa shape index (κ1) is 16.0. The summed E-state index contributed by atoms with van der Waals surface area (Å²) < 4.78 is 0. The molecule has 1 saturated carbocycles. The molecule has 0 spiro atoms. The number of rotatable bonds is 7. The van der Waals surface area contributed by atoms with Crippen LogP contribution in [0.1, 0.15) is 46.0 Å². The quantitative estimate of drug-likeness (QED) is 0.653. The van der Waals surface area contributed by atoms with Crippen LogP contribution in [0.2, 0.25) is 0 Å². The Kier molecular flexibility index (Phi) is 6.28. The molecule has 1 aliphatic carbocycles. The highest BCUT2D eigenvalue weighted by atomic mass is 16.4. The normalized spacial score (nSPS) is 19.7. The number of nitrogens with one attached hydrogen (secondary N) is 2. The van der Waals surface area contributed by atoms with E-state index in [9.17, 15) is 14.7 Å². The standard InChI is InChI=1S/C14H26N2O3/c1-3-15-9-11(2)12(17)16-10-14(13(18)19)7-5-4-6-8-14/h11,15H,3-10H2,1-2H3,(H,16,17)(H,18,19). The van der Waals surface area contributed by atoms with Crippen molar-refractivity contribution in [3.05, 3.63) is 0 Å². The van der Waals surface area contributed by atoms with E-state index in [0.29, 0.717) is 19.4 Å². The largest absolute Gasteiger partial charge is 0.481 e. The van der Waals surface area contributed by atoms with Gasteiger partial charge in [0.25, 0.3) is 0 Å². The smallest absolute Gasteiger partial charge is 0.311 e. The number of carbonyl (C=O) groups excluding carboxylic acids is 1. The number of hydrogen-bond donors (Lipinski definition) is 3. The predicted molar refractivity (Wildman–Crippen MR) is 73.9 cm³/mol. The highest BCUT2D eigenvalue weighted by Crippen LogP contribution is 2.36. The fourth-order valence-corrected chi connectivity index (χ4v) is 2.58. The van der Waals surface area contributed by atoms with Crippen molar-refractivity contribution in [2.24, 2.45) is 11.3 Å². The summed E-state index contributed by atoms with van der Waals surface area (Å²) in [7, 11) is 0. The molecule has 0 aliphatic heterocycles. The minimum Gasteiger partial charge on any atom is -0.481 e. The third-order valence-corrected chi connectivity index (χ3v) is 4.01. The van der Waals surface area contributed by atoms with Gasteiger partial charge in [0.15, 0.2) is 0 Å². The van der Waals surface area contributed by atoms with Gasteiger partial charge in [-0.25, -0.2) is 0 Å². The fourth-order valence-electron chi connectivity index (χ4n) is 2.58. The number of aliphatic carboxylic acids is 1. The van der Waals surface area contributed by atoms with E-state index in [-0.39, 0.29) is 18.4 Å². The molecule has 0 aromatic carbocycles. The fraction of sp³-hybridized carbons (Fsp3) is 0.857. The molecule has 0 bridgehead atoms. The molecule has 1 rings (SSSR count). The Morgan fingerprint density at radius 2 is 1.89 bits per heavy atom. The van der Waals surface area contributed by atoms with Crippen molar-refractivity contribution in [2.75, 3.05) is 19.6 Å². The summed E-state index contributed by atoms with van der Waals surface area (Å²) in [6, 6.07) is 0. The molecule has 3 N–H and O–H groups in total. The molecule has 1 aliphatic rings. The molecule has 0 saturated heterocycles. The van der Waals surface area contributed by atoms with Crippen LogP contribution in [0.4, 0.5) is 0 Å². The van der Waals surface area contributed by atoms with E-state index in [1.165, 1.54) is 0 Å². The third-order valence-electron chi connectivity index (χ3n) is 4.01. The number of hydrogen-bond acceptors (Lipinski definition) is 3. The zero-order valence-electron chi connectivity index (χ0n) is 12.0. The van der Waals surface area contributed by atoms with E-state index in [2.05, 4.69) is 10.6 Å². The van der Waals surface area contributed by atoms with Crippen molar-refractivity contribution in [1.29, 1.82) is 0 Å². The van der Waals surface area contributed by atoms with Gasteiger partial charge in [0, 0.05) is 19.0 Å². The van der Waals surface area contributed by atoms with Crippen LogP contribution in [0.15, 0.2) is 0 Å². The minimum absolute atomic E-state index is 0.0628. The summed E-state index contributed by atoms with van der Waals surface area (Å²) >= 11 is 0. The molecule has 1 amide bonds. The Hall–Kier alpha value is -1.10. The van der Waals surface area contributed by atoms with Gasteiger partial charge in [0.1, 0.15) is 0 Å². The number of amides is 1. The molecule has 0 aromatic rings. The van der Waals surface area contributed by atoms with Crippen LogP contribution in [-0.2, 0) is 9.59 Å². The van der Waals surface area contributed by atoms with Gasteiger partial charge in [0.2, 0.25) is 5.91 Å². The van der Waals surface area contributed by atoms with E-state index in [0.717, 1.165) is 25.8 Å². The van der Waals surface area contributed by atoms with Gasteiger partial charge >= 0.3 is 5.97 Å². The molecule has 5 heteroatoms. The molecule has 1 fully saturated rings. The maximum atomic E-state index is 11.9. The van der Waals surface area contributed by atoms with E-state index < -0.39 is 11.4 Å². The molecule has 0 aromatic heterocycles. The summed E-state index contributed by atoms with van der Waals surface area (Å²) in [5, 5.41) is 15.4. The first-order valence-corrected chi connectivity index (χ1v) is 7.23. The average Bonchev–Trinajstić information content (AvgIpc) is 2.42. The molecule has 110 valence electrons. The number of carboxylic acid groups (broad SMARTS) is 1. The molecule has 1 atom stereocenters. The summed E-state index contributed by atoms with van der Waals surface area (Å²) in [6.45, 7) is 5.56. The average molecular weight is 270 g/mol. The maximum Gasteiger partial charge on any atom is 0.311 e. The molecule has 0 heterocycles. The molecule has 5 nitrogen and oxygen atoms in total. The van der Waals surface area contributed by atoms with E-state index >= 15 is 0 Å². The number of carboxylic acids is 1. The lowest BCUT2D eigenvalue weighted by atomic mass is 9.74. The van der Waals surface area contributed by atoms with Gasteiger partial charge in [-0.2, -0.15) is 0 Å². The van der Waals surface area contributed by atoms with Crippen LogP contribution in [0.5, 0.6) is 0 Å². The van der Waals surface area contributed by atoms with Crippen LogP contribution in [0.25, 0.3) is 0 Å². The SMILES string of the molecule is CCNCC(C)C(=O)NCC1(C(=O)O)CCCCC1. The molecular formula is C14H26N2O3. The van der Waals surface area contributed by atoms with Gasteiger partial charge < -0.3 is 15.7 Å². The van der Waals surface area contributed by atoms with Crippen LogP contribution < -0.4 is 10.6 Å². The Balaban J connectivity index is 2.48. The highest BCUT2D eigenvalue weighted by molar-refractivity contribution is 5.80. The minimum atomic E-state index is -0.771. The van der Waals surface area contributed by atoms with Crippen molar-refractivity contribution in [2.45, 2.75) is 46.0 Å². The van der Waals surface area contributed by atoms with Crippen LogP contribution >= 0.6 is 0 Å². The lowest BCUT2D eigenvalue weighted by Crippen LogP contribution is -2.46. The predicted octanol–water partition coefficient (Wildman–Crippen LogP) is 1.38. The molecule has 19 heavy (non-hydrogen) atoms. The van der Waals surface area contributed by atoms with Crippen molar-refractivity contribution >= 4 is 11.9 Å². The third kappa shape index (κ3) is 4.49. The Bertz CT molecular complexity index is 312. The molecule has 1 unspecified atom stereocenters. The highest BCUT2D eigenvalue weighted by Gasteiger charge is 2.39. The van der Waals surface area contributed by atoms with Crippen molar-refractivity contribution < 1.29 is 14.7 Å². The first-order chi connectivity index (χ1) is 9.02. The second kappa shape index (κ2) is 7.48. The zero-order valence-corrected chi connectivity index (χ0v) is 12.0. The van der Waals surface area contributed by atoms with E-state index in [1.54, 1.807) is 0 Å². The summed E-state index contributed by atoms with van der Waals surface area (Å²) in [5.41, 5.74) is -0.744. The Labute approximate surface area is 115 Å². The van der Waals surface area contributed by atoms with Gasteiger partial charge in [-0.15, -0.1) is 0 Å². The van der Waals surface area contributed by atoms with E-state index in [4.69, 9.17) is 0 Å². The van der Waals surface area contributed by atoms with Gasteiger partial charge in [0.05, 0.1) is 5.41 Å². The van der Waals surface area contributed by atoms with Crippen LogP contribution in [-0.4, -0.2) is 36.6 Å². The van der Waals surface area contributed by atoms with Crippen molar-refractivity contribution in [1.82, 2.24) is 10.6 Å². The molecular weight excluding hydrogens is 244 g/mol. The second-order valence-corrected chi connectivity index (χ2v) is 5.57. The Morgan fingerprint density at radius 1 is 1.26 bits per heavy atom. The summed E-state index contributed by atoms with van der Waals surface area (Å²) in [4.78, 5) is 23.4. The summed E-state index contributed by atoms with van der Waals surface area (Å²) in [6.07, 6.45) is 4.32. The summed E-state index contributed by atoms with van der Waals surface area (Å²) in [5.74, 6) is -0.964. The number of carbonyl (C=O) groups is 2. The monoisotopic (exact) mass is 270 g/mol. The Morgan fingerprint density at radius 3 is 2.42 bits per heavy atom. The second-order valence-electron chi connectivity index (χ2n) is 5.57. The van der Waals surface area contributed by atoms with Crippen molar-refractivity contribution in [3.8, 4) is 0 Å². The molecule has 0 radical (unpaired) electrons. The van der Waals surface area contributed by atoms with Crippen LogP contribution in [0, 0.1) is 11.3 Å². The van der Waals surface area contributed by atoms with Gasteiger partial charge in [-0.05, 0) is 19.4 Å². The van der Waals surface area contributed by atoms with E-state index in [1.807, 2.05) is 13.8 Å². The van der Waals surface area contributed by atoms with Crippen LogP contribution in [0.3, 0.4) is 0 Å². The first-order valence-electron chi connectivity index (χ1n) is 7.23. The topological polar surface area (TPSA) is 78.4 Å². The van der Waals surface area contributed by atoms with Gasteiger partial charge in [-0.3, -0.25) is 9.59 Å². The van der Waals surface area contributed by atoms with Gasteiger partial charge in [-0.1, -0.05) is 33.1 Å². The van der Waals surface area contributed by atoms with Crippen molar-refractivity contribution in [3.63, 3.8) is 0 Å². The zero-order chi connectivity index (χ0) is 14.3. The lowest BCUT2D eigenvalue weighted by Gasteiger charge is -2.33.